The van der Waals surface area contributed by atoms with E-state index in [4.69, 9.17) is 17.3 Å². The summed E-state index contributed by atoms with van der Waals surface area (Å²) in [4.78, 5) is 0. The molecule has 0 fully saturated rings. The van der Waals surface area contributed by atoms with E-state index in [1.807, 2.05) is 18.2 Å². The number of rotatable bonds is 1. The molecule has 25 heavy (non-hydrogen) atoms. The first kappa shape index (κ1) is 17.1. The van der Waals surface area contributed by atoms with Crippen LogP contribution in [-0.4, -0.2) is 0 Å². The number of hydrogen-bond acceptors (Lipinski definition) is 4. The number of hydrogen-bond donors (Lipinski definition) is 1. The largest absolute Gasteiger partial charge is 0.399 e. The Morgan fingerprint density at radius 3 is 2.56 bits per heavy atom. The first-order valence-corrected chi connectivity index (χ1v) is 8.55. The van der Waals surface area contributed by atoms with Crippen LogP contribution in [0.2, 0.25) is 5.02 Å². The average Bonchev–Trinajstić information content (AvgIpc) is 2.61. The van der Waals surface area contributed by atoms with Gasteiger partial charge in [-0.1, -0.05) is 36.7 Å². The van der Waals surface area contributed by atoms with Crippen LogP contribution in [0.25, 0.3) is 0 Å². The summed E-state index contributed by atoms with van der Waals surface area (Å²) in [6.07, 6.45) is 3.70. The minimum atomic E-state index is -1.57. The van der Waals surface area contributed by atoms with Gasteiger partial charge < -0.3 is 5.73 Å². The maximum atomic E-state index is 9.93. The first-order chi connectivity index (χ1) is 12.0. The molecule has 124 valence electrons. The molecule has 5 heteroatoms. The van der Waals surface area contributed by atoms with Crippen LogP contribution in [0.5, 0.6) is 0 Å². The third-order valence-corrected chi connectivity index (χ3v) is 5.56. The van der Waals surface area contributed by atoms with Crippen LogP contribution in [0.15, 0.2) is 47.2 Å². The quantitative estimate of drug-likeness (QED) is 0.823. The Morgan fingerprint density at radius 1 is 1.24 bits per heavy atom. The van der Waals surface area contributed by atoms with E-state index >= 15 is 0 Å². The lowest BCUT2D eigenvalue weighted by Gasteiger charge is -2.44. The Hall–Kier alpha value is -2.74. The van der Waals surface area contributed by atoms with Crippen LogP contribution in [0.4, 0.5) is 0 Å². The number of halogens is 1. The van der Waals surface area contributed by atoms with Crippen LogP contribution in [-0.2, 0) is 0 Å². The molecule has 0 bridgehead atoms. The zero-order valence-electron chi connectivity index (χ0n) is 13.8. The molecule has 2 aliphatic rings. The minimum absolute atomic E-state index is 0.0574. The lowest BCUT2D eigenvalue weighted by molar-refractivity contribution is 0.284. The van der Waals surface area contributed by atoms with Gasteiger partial charge in [0.25, 0.3) is 0 Å². The SMILES string of the molecule is C[C@H]1CC=C2C(C#N)=C(N)C(C#N)(C#N)[C@@H](c3cccc(Cl)c3)[C@H]2C1. The van der Waals surface area contributed by atoms with Gasteiger partial charge in [-0.25, -0.2) is 0 Å². The highest BCUT2D eigenvalue weighted by Gasteiger charge is 2.54. The monoisotopic (exact) mass is 348 g/mol. The molecule has 0 spiro atoms. The van der Waals surface area contributed by atoms with E-state index in [0.717, 1.165) is 24.0 Å². The molecule has 0 amide bonds. The van der Waals surface area contributed by atoms with Crippen molar-refractivity contribution in [2.75, 3.05) is 0 Å². The first-order valence-electron chi connectivity index (χ1n) is 8.17. The van der Waals surface area contributed by atoms with Crippen LogP contribution >= 0.6 is 11.6 Å². The smallest absolute Gasteiger partial charge is 0.191 e. The van der Waals surface area contributed by atoms with Crippen molar-refractivity contribution >= 4 is 11.6 Å². The van der Waals surface area contributed by atoms with E-state index in [-0.39, 0.29) is 11.6 Å². The van der Waals surface area contributed by atoms with Gasteiger partial charge in [0.1, 0.15) is 6.07 Å². The molecule has 0 unspecified atom stereocenters. The van der Waals surface area contributed by atoms with E-state index in [1.54, 1.807) is 12.1 Å². The zero-order chi connectivity index (χ0) is 18.2. The second-order valence-corrected chi connectivity index (χ2v) is 7.24. The van der Waals surface area contributed by atoms with E-state index in [1.165, 1.54) is 0 Å². The number of nitrogens with two attached hydrogens (primary N) is 1. The number of allylic oxidation sites excluding steroid dienone is 4. The van der Waals surface area contributed by atoms with Gasteiger partial charge >= 0.3 is 0 Å². The Kier molecular flexibility index (Phi) is 4.30. The Morgan fingerprint density at radius 2 is 1.96 bits per heavy atom. The van der Waals surface area contributed by atoms with Crippen LogP contribution in [0.1, 0.15) is 31.2 Å². The summed E-state index contributed by atoms with van der Waals surface area (Å²) in [6.45, 7) is 2.14. The standard InChI is InChI=1S/C20H17ClN4/c1-12-5-6-15-16(7-12)18(13-3-2-4-14(21)8-13)20(10-23,11-24)19(25)17(15)9-22/h2-4,6,8,12,16,18H,5,7,25H2,1H3/t12-,16-,18-/m0/s1. The molecule has 2 N–H and O–H groups in total. The van der Waals surface area contributed by atoms with Crippen molar-refractivity contribution in [2.45, 2.75) is 25.7 Å². The topological polar surface area (TPSA) is 97.4 Å². The highest BCUT2D eigenvalue weighted by Crippen LogP contribution is 2.56. The maximum absolute atomic E-state index is 9.93. The minimum Gasteiger partial charge on any atom is -0.399 e. The summed E-state index contributed by atoms with van der Waals surface area (Å²) >= 11 is 6.16. The van der Waals surface area contributed by atoms with Crippen LogP contribution in [0.3, 0.4) is 0 Å². The summed E-state index contributed by atoms with van der Waals surface area (Å²) < 4.78 is 0. The van der Waals surface area contributed by atoms with E-state index < -0.39 is 11.3 Å². The van der Waals surface area contributed by atoms with Gasteiger partial charge in [0.2, 0.25) is 0 Å². The van der Waals surface area contributed by atoms with Crippen molar-refractivity contribution in [3.8, 4) is 18.2 Å². The normalized spacial score (nSPS) is 27.3. The molecule has 0 saturated carbocycles. The molecule has 4 nitrogen and oxygen atoms in total. The molecular formula is C20H17ClN4. The number of nitriles is 3. The lowest BCUT2D eigenvalue weighted by atomic mass is 9.56. The number of fused-ring (bicyclic) bond motifs is 1. The molecule has 1 aromatic carbocycles. The molecule has 3 rings (SSSR count). The van der Waals surface area contributed by atoms with E-state index in [2.05, 4.69) is 25.1 Å². The van der Waals surface area contributed by atoms with Crippen molar-refractivity contribution in [3.05, 3.63) is 57.8 Å². The lowest BCUT2D eigenvalue weighted by Crippen LogP contribution is -2.43. The van der Waals surface area contributed by atoms with Gasteiger partial charge in [0, 0.05) is 10.9 Å². The molecule has 0 radical (unpaired) electrons. The average molecular weight is 349 g/mol. The summed E-state index contributed by atoms with van der Waals surface area (Å²) in [5.41, 5.74) is 6.68. The predicted molar refractivity (Wildman–Crippen MR) is 94.6 cm³/mol. The zero-order valence-corrected chi connectivity index (χ0v) is 14.6. The van der Waals surface area contributed by atoms with Crippen molar-refractivity contribution < 1.29 is 0 Å². The van der Waals surface area contributed by atoms with Gasteiger partial charge in [-0.2, -0.15) is 15.8 Å². The van der Waals surface area contributed by atoms with Crippen LogP contribution in [0, 0.1) is 51.2 Å². The van der Waals surface area contributed by atoms with E-state index in [9.17, 15) is 15.8 Å². The fourth-order valence-corrected chi connectivity index (χ4v) is 4.35. The number of nitrogens with zero attached hydrogens (tertiary/aromatic N) is 3. The Bertz CT molecular complexity index is 893. The van der Waals surface area contributed by atoms with E-state index in [0.29, 0.717) is 16.5 Å². The highest BCUT2D eigenvalue weighted by molar-refractivity contribution is 6.30. The predicted octanol–water partition coefficient (Wildman–Crippen LogP) is 4.18. The summed E-state index contributed by atoms with van der Waals surface area (Å²) in [6, 6.07) is 13.6. The van der Waals surface area contributed by atoms with Gasteiger partial charge in [-0.05, 0) is 47.9 Å². The maximum Gasteiger partial charge on any atom is 0.191 e. The summed E-state index contributed by atoms with van der Waals surface area (Å²) in [5, 5.41) is 30.0. The second-order valence-electron chi connectivity index (χ2n) is 6.81. The summed E-state index contributed by atoms with van der Waals surface area (Å²) in [7, 11) is 0. The molecule has 0 aliphatic heterocycles. The molecule has 0 aromatic heterocycles. The molecular weight excluding hydrogens is 332 g/mol. The highest BCUT2D eigenvalue weighted by atomic mass is 35.5. The second kappa shape index (κ2) is 6.29. The fraction of sp³-hybridized carbons (Fsp3) is 0.350. The fourth-order valence-electron chi connectivity index (χ4n) is 4.15. The molecule has 0 heterocycles. The molecule has 0 saturated heterocycles. The molecule has 3 atom stereocenters. The van der Waals surface area contributed by atoms with Crippen LogP contribution < -0.4 is 5.73 Å². The Balaban J connectivity index is 2.34. The number of benzene rings is 1. The van der Waals surface area contributed by atoms with Gasteiger partial charge in [-0.3, -0.25) is 0 Å². The molecule has 2 aliphatic carbocycles. The van der Waals surface area contributed by atoms with Crippen molar-refractivity contribution in [1.82, 2.24) is 0 Å². The third kappa shape index (κ3) is 2.49. The third-order valence-electron chi connectivity index (χ3n) is 5.32. The van der Waals surface area contributed by atoms with Gasteiger partial charge in [0.15, 0.2) is 5.41 Å². The van der Waals surface area contributed by atoms with Gasteiger partial charge in [-0.15, -0.1) is 0 Å². The Labute approximate surface area is 152 Å². The van der Waals surface area contributed by atoms with Gasteiger partial charge in [0.05, 0.1) is 23.4 Å². The van der Waals surface area contributed by atoms with Crippen molar-refractivity contribution in [2.24, 2.45) is 23.0 Å². The van der Waals surface area contributed by atoms with Crippen molar-refractivity contribution in [3.63, 3.8) is 0 Å². The molecule has 1 aromatic rings. The van der Waals surface area contributed by atoms with Crippen molar-refractivity contribution in [1.29, 1.82) is 15.8 Å². The summed E-state index contributed by atoms with van der Waals surface area (Å²) in [5.74, 6) is -0.152.